The molecule has 3 rings (SSSR count). The van der Waals surface area contributed by atoms with E-state index in [0.717, 1.165) is 28.3 Å². The standard InChI is InChI=1S/C23H32FN3O2S2/c1-14(2)29-22(28)25-16-11-12-17(18(13-16)31-27-23(3,4)5)19-20(24)26-21(30-19)15-9-7-6-8-10-15/h11-15,27H,6-10H2,1-5H3,(H,25,28). The summed E-state index contributed by atoms with van der Waals surface area (Å²) in [6, 6.07) is 5.47. The van der Waals surface area contributed by atoms with Gasteiger partial charge in [-0.25, -0.2) is 9.78 Å². The molecule has 31 heavy (non-hydrogen) atoms. The number of halogens is 1. The lowest BCUT2D eigenvalue weighted by molar-refractivity contribution is 0.130. The number of hydrogen-bond donors (Lipinski definition) is 2. The van der Waals surface area contributed by atoms with E-state index in [1.54, 1.807) is 19.9 Å². The van der Waals surface area contributed by atoms with Crippen LogP contribution in [0.2, 0.25) is 0 Å². The van der Waals surface area contributed by atoms with Gasteiger partial charge in [0.05, 0.1) is 16.0 Å². The number of thiazole rings is 1. The fraction of sp³-hybridized carbons (Fsp3) is 0.565. The zero-order valence-corrected chi connectivity index (χ0v) is 20.5. The van der Waals surface area contributed by atoms with Gasteiger partial charge in [-0.2, -0.15) is 4.39 Å². The molecular weight excluding hydrogens is 433 g/mol. The third kappa shape index (κ3) is 6.92. The average Bonchev–Trinajstić information content (AvgIpc) is 3.07. The largest absolute Gasteiger partial charge is 0.447 e. The summed E-state index contributed by atoms with van der Waals surface area (Å²) in [4.78, 5) is 17.7. The first kappa shape index (κ1) is 24.0. The summed E-state index contributed by atoms with van der Waals surface area (Å²) in [7, 11) is 0. The summed E-state index contributed by atoms with van der Waals surface area (Å²) in [6.07, 6.45) is 5.08. The first-order valence-corrected chi connectivity index (χ1v) is 12.5. The van der Waals surface area contributed by atoms with E-state index in [2.05, 4.69) is 35.8 Å². The van der Waals surface area contributed by atoms with Crippen molar-refractivity contribution in [2.24, 2.45) is 0 Å². The van der Waals surface area contributed by atoms with Crippen molar-refractivity contribution in [3.05, 3.63) is 29.2 Å². The number of carbonyl (C=O) groups excluding carboxylic acids is 1. The lowest BCUT2D eigenvalue weighted by Gasteiger charge is -2.21. The molecule has 1 aliphatic rings. The molecule has 1 amide bonds. The number of carbonyl (C=O) groups is 1. The SMILES string of the molecule is CC(C)OC(=O)Nc1ccc(-c2sc(C3CCCCC3)nc2F)c(SNC(C)(C)C)c1. The minimum absolute atomic E-state index is 0.137. The van der Waals surface area contributed by atoms with Gasteiger partial charge in [0.25, 0.3) is 0 Å². The zero-order chi connectivity index (χ0) is 22.6. The van der Waals surface area contributed by atoms with Crippen LogP contribution in [0.15, 0.2) is 23.1 Å². The van der Waals surface area contributed by atoms with Crippen LogP contribution in [0.1, 0.15) is 77.6 Å². The first-order valence-electron chi connectivity index (χ1n) is 10.8. The number of nitrogens with zero attached hydrogens (tertiary/aromatic N) is 1. The van der Waals surface area contributed by atoms with Gasteiger partial charge in [0.1, 0.15) is 0 Å². The Morgan fingerprint density at radius 1 is 1.26 bits per heavy atom. The van der Waals surface area contributed by atoms with Gasteiger partial charge < -0.3 is 4.74 Å². The highest BCUT2D eigenvalue weighted by Gasteiger charge is 2.24. The smallest absolute Gasteiger partial charge is 0.411 e. The number of nitrogens with one attached hydrogen (secondary N) is 2. The highest BCUT2D eigenvalue weighted by molar-refractivity contribution is 7.97. The second kappa shape index (κ2) is 10.3. The van der Waals surface area contributed by atoms with Gasteiger partial charge >= 0.3 is 6.09 Å². The van der Waals surface area contributed by atoms with Crippen LogP contribution in [0, 0.1) is 5.95 Å². The summed E-state index contributed by atoms with van der Waals surface area (Å²) in [5, 5.41) is 3.65. The predicted molar refractivity (Wildman–Crippen MR) is 127 cm³/mol. The quantitative estimate of drug-likeness (QED) is 0.437. The minimum Gasteiger partial charge on any atom is -0.447 e. The third-order valence-electron chi connectivity index (χ3n) is 4.84. The number of ether oxygens (including phenoxy) is 1. The Morgan fingerprint density at radius 3 is 2.61 bits per heavy atom. The molecule has 0 bridgehead atoms. The predicted octanol–water partition coefficient (Wildman–Crippen LogP) is 7.35. The second-order valence-electron chi connectivity index (χ2n) is 9.25. The maximum absolute atomic E-state index is 14.9. The van der Waals surface area contributed by atoms with E-state index >= 15 is 0 Å². The zero-order valence-electron chi connectivity index (χ0n) is 18.9. The highest BCUT2D eigenvalue weighted by atomic mass is 32.2. The van der Waals surface area contributed by atoms with Crippen molar-refractivity contribution in [2.45, 2.75) is 89.2 Å². The Hall–Kier alpha value is -1.64. The number of rotatable bonds is 6. The van der Waals surface area contributed by atoms with Crippen LogP contribution in [-0.2, 0) is 4.74 Å². The second-order valence-corrected chi connectivity index (χ2v) is 11.1. The molecule has 1 fully saturated rings. The van der Waals surface area contributed by atoms with Crippen molar-refractivity contribution in [1.82, 2.24) is 9.71 Å². The molecule has 0 saturated heterocycles. The van der Waals surface area contributed by atoms with Crippen molar-refractivity contribution >= 4 is 35.1 Å². The highest BCUT2D eigenvalue weighted by Crippen LogP contribution is 2.42. The summed E-state index contributed by atoms with van der Waals surface area (Å²) in [6.45, 7) is 9.80. The van der Waals surface area contributed by atoms with Gasteiger partial charge in [-0.3, -0.25) is 10.0 Å². The summed E-state index contributed by atoms with van der Waals surface area (Å²) in [5.41, 5.74) is 1.24. The Bertz CT molecular complexity index is 903. The maximum Gasteiger partial charge on any atom is 0.411 e. The van der Waals surface area contributed by atoms with E-state index in [4.69, 9.17) is 4.74 Å². The number of benzene rings is 1. The molecule has 0 atom stereocenters. The monoisotopic (exact) mass is 465 g/mol. The molecule has 1 heterocycles. The number of hydrogen-bond acceptors (Lipinski definition) is 6. The lowest BCUT2D eigenvalue weighted by atomic mass is 9.90. The van der Waals surface area contributed by atoms with E-state index < -0.39 is 12.0 Å². The molecule has 1 aromatic carbocycles. The van der Waals surface area contributed by atoms with Crippen LogP contribution < -0.4 is 10.0 Å². The molecule has 2 aromatic rings. The van der Waals surface area contributed by atoms with E-state index in [1.807, 2.05) is 12.1 Å². The van der Waals surface area contributed by atoms with Crippen molar-refractivity contribution in [2.75, 3.05) is 5.32 Å². The molecule has 170 valence electrons. The summed E-state index contributed by atoms with van der Waals surface area (Å²) < 4.78 is 23.5. The molecule has 0 unspecified atom stereocenters. The molecule has 8 heteroatoms. The van der Waals surface area contributed by atoms with Gasteiger partial charge in [-0.1, -0.05) is 25.3 Å². The topological polar surface area (TPSA) is 63.2 Å². The normalized spacial score (nSPS) is 15.3. The lowest BCUT2D eigenvalue weighted by Crippen LogP contribution is -2.29. The molecule has 0 spiro atoms. The van der Waals surface area contributed by atoms with Crippen LogP contribution in [0.5, 0.6) is 0 Å². The molecular formula is C23H32FN3O2S2. The third-order valence-corrected chi connectivity index (χ3v) is 7.34. The first-order chi connectivity index (χ1) is 14.6. The Kier molecular flexibility index (Phi) is 7.99. The molecule has 0 aliphatic heterocycles. The Morgan fingerprint density at radius 2 is 1.97 bits per heavy atom. The van der Waals surface area contributed by atoms with Gasteiger partial charge in [-0.05, 0) is 71.5 Å². The molecule has 2 N–H and O–H groups in total. The van der Waals surface area contributed by atoms with Gasteiger partial charge in [0.2, 0.25) is 5.95 Å². The number of amides is 1. The Labute approximate surface area is 192 Å². The maximum atomic E-state index is 14.9. The fourth-order valence-electron chi connectivity index (χ4n) is 3.45. The Balaban J connectivity index is 1.90. The van der Waals surface area contributed by atoms with Crippen LogP contribution in [-0.4, -0.2) is 22.7 Å². The van der Waals surface area contributed by atoms with Crippen LogP contribution >= 0.6 is 23.3 Å². The van der Waals surface area contributed by atoms with Crippen molar-refractivity contribution in [3.8, 4) is 10.4 Å². The van der Waals surface area contributed by atoms with Crippen molar-refractivity contribution in [1.29, 1.82) is 0 Å². The molecule has 1 saturated carbocycles. The van der Waals surface area contributed by atoms with E-state index in [-0.39, 0.29) is 11.6 Å². The van der Waals surface area contributed by atoms with Crippen molar-refractivity contribution in [3.63, 3.8) is 0 Å². The van der Waals surface area contributed by atoms with Crippen LogP contribution in [0.4, 0.5) is 14.9 Å². The van der Waals surface area contributed by atoms with Gasteiger partial charge in [0, 0.05) is 27.6 Å². The van der Waals surface area contributed by atoms with E-state index in [1.165, 1.54) is 42.5 Å². The molecule has 1 aromatic heterocycles. The van der Waals surface area contributed by atoms with Crippen molar-refractivity contribution < 1.29 is 13.9 Å². The van der Waals surface area contributed by atoms with Crippen LogP contribution in [0.3, 0.4) is 0 Å². The van der Waals surface area contributed by atoms with Gasteiger partial charge in [-0.15, -0.1) is 11.3 Å². The average molecular weight is 466 g/mol. The molecule has 1 aliphatic carbocycles. The van der Waals surface area contributed by atoms with E-state index in [0.29, 0.717) is 16.5 Å². The van der Waals surface area contributed by atoms with Crippen LogP contribution in [0.25, 0.3) is 10.4 Å². The fourth-order valence-corrected chi connectivity index (χ4v) is 5.55. The molecule has 5 nitrogen and oxygen atoms in total. The summed E-state index contributed by atoms with van der Waals surface area (Å²) >= 11 is 2.88. The number of anilines is 1. The molecule has 0 radical (unpaired) electrons. The van der Waals surface area contributed by atoms with Gasteiger partial charge in [0.15, 0.2) is 0 Å². The van der Waals surface area contributed by atoms with E-state index in [9.17, 15) is 9.18 Å². The minimum atomic E-state index is -0.508. The summed E-state index contributed by atoms with van der Waals surface area (Å²) in [5.74, 6) is -0.0549. The number of aromatic nitrogens is 1.